The number of hydrogen-bond acceptors (Lipinski definition) is 4. The molecule has 0 unspecified atom stereocenters. The van der Waals surface area contributed by atoms with Crippen LogP contribution in [-0.2, 0) is 4.74 Å². The second-order valence-corrected chi connectivity index (χ2v) is 5.44. The third-order valence-corrected chi connectivity index (χ3v) is 4.08. The number of thiophene rings is 1. The van der Waals surface area contributed by atoms with Crippen LogP contribution >= 0.6 is 11.3 Å². The van der Waals surface area contributed by atoms with Crippen molar-refractivity contribution in [3.8, 4) is 11.8 Å². The SMILES string of the molecule is Cc1cc(C(=O)N2CCCOCC2)sc1C#CCN. The second kappa shape index (κ2) is 6.71. The fourth-order valence-electron chi connectivity index (χ4n) is 1.95. The molecule has 0 bridgehead atoms. The van der Waals surface area contributed by atoms with Crippen molar-refractivity contribution in [3.05, 3.63) is 21.4 Å². The molecule has 0 spiro atoms. The first-order chi connectivity index (χ1) is 9.22. The van der Waals surface area contributed by atoms with Crippen LogP contribution in [0.2, 0.25) is 0 Å². The molecular weight excluding hydrogens is 260 g/mol. The maximum absolute atomic E-state index is 12.4. The highest BCUT2D eigenvalue weighted by atomic mass is 32.1. The molecule has 0 saturated carbocycles. The Kier molecular flexibility index (Phi) is 4.97. The highest BCUT2D eigenvalue weighted by Gasteiger charge is 2.19. The van der Waals surface area contributed by atoms with E-state index in [0.717, 1.165) is 34.9 Å². The van der Waals surface area contributed by atoms with Crippen molar-refractivity contribution in [3.63, 3.8) is 0 Å². The van der Waals surface area contributed by atoms with E-state index in [9.17, 15) is 4.79 Å². The summed E-state index contributed by atoms with van der Waals surface area (Å²) in [5, 5.41) is 0. The standard InChI is InChI=1S/C14H18N2O2S/c1-11-10-13(19-12(11)4-2-5-15)14(17)16-6-3-8-18-9-7-16/h10H,3,5-9,15H2,1H3. The summed E-state index contributed by atoms with van der Waals surface area (Å²) in [4.78, 5) is 15.9. The van der Waals surface area contributed by atoms with E-state index in [0.29, 0.717) is 19.7 Å². The van der Waals surface area contributed by atoms with Gasteiger partial charge < -0.3 is 15.4 Å². The molecule has 2 rings (SSSR count). The predicted molar refractivity (Wildman–Crippen MR) is 76.3 cm³/mol. The third kappa shape index (κ3) is 3.57. The Hall–Kier alpha value is -1.35. The summed E-state index contributed by atoms with van der Waals surface area (Å²) in [6.07, 6.45) is 0.899. The third-order valence-electron chi connectivity index (χ3n) is 2.94. The summed E-state index contributed by atoms with van der Waals surface area (Å²) < 4.78 is 5.37. The van der Waals surface area contributed by atoms with Gasteiger partial charge in [-0.1, -0.05) is 11.8 Å². The number of amides is 1. The Morgan fingerprint density at radius 2 is 2.37 bits per heavy atom. The smallest absolute Gasteiger partial charge is 0.264 e. The maximum Gasteiger partial charge on any atom is 0.264 e. The van der Waals surface area contributed by atoms with E-state index < -0.39 is 0 Å². The molecule has 1 amide bonds. The minimum absolute atomic E-state index is 0.0828. The predicted octanol–water partition coefficient (Wildman–Crippen LogP) is 1.23. The molecule has 19 heavy (non-hydrogen) atoms. The maximum atomic E-state index is 12.4. The first-order valence-corrected chi connectivity index (χ1v) is 7.20. The van der Waals surface area contributed by atoms with E-state index in [2.05, 4.69) is 11.8 Å². The molecule has 1 aliphatic rings. The lowest BCUT2D eigenvalue weighted by atomic mass is 10.2. The molecule has 1 aromatic rings. The number of rotatable bonds is 1. The van der Waals surface area contributed by atoms with Gasteiger partial charge in [-0.25, -0.2) is 0 Å². The lowest BCUT2D eigenvalue weighted by Crippen LogP contribution is -2.32. The van der Waals surface area contributed by atoms with Gasteiger partial charge in [0.1, 0.15) is 0 Å². The van der Waals surface area contributed by atoms with Crippen molar-refractivity contribution in [2.45, 2.75) is 13.3 Å². The zero-order valence-electron chi connectivity index (χ0n) is 11.1. The van der Waals surface area contributed by atoms with E-state index in [4.69, 9.17) is 10.5 Å². The number of aryl methyl sites for hydroxylation is 1. The van der Waals surface area contributed by atoms with Crippen molar-refractivity contribution in [1.82, 2.24) is 4.90 Å². The largest absolute Gasteiger partial charge is 0.380 e. The zero-order chi connectivity index (χ0) is 13.7. The van der Waals surface area contributed by atoms with Gasteiger partial charge in [0, 0.05) is 19.7 Å². The van der Waals surface area contributed by atoms with E-state index >= 15 is 0 Å². The zero-order valence-corrected chi connectivity index (χ0v) is 11.9. The topological polar surface area (TPSA) is 55.6 Å². The minimum Gasteiger partial charge on any atom is -0.380 e. The Bertz CT molecular complexity index is 505. The number of ether oxygens (including phenoxy) is 1. The number of nitrogens with zero attached hydrogens (tertiary/aromatic N) is 1. The minimum atomic E-state index is 0.0828. The van der Waals surface area contributed by atoms with E-state index in [1.54, 1.807) is 0 Å². The van der Waals surface area contributed by atoms with Crippen molar-refractivity contribution in [2.24, 2.45) is 5.73 Å². The molecule has 0 atom stereocenters. The van der Waals surface area contributed by atoms with Crippen molar-refractivity contribution >= 4 is 17.2 Å². The van der Waals surface area contributed by atoms with Gasteiger partial charge >= 0.3 is 0 Å². The number of nitrogens with two attached hydrogens (primary N) is 1. The van der Waals surface area contributed by atoms with Crippen molar-refractivity contribution < 1.29 is 9.53 Å². The Labute approximate surface area is 117 Å². The van der Waals surface area contributed by atoms with E-state index in [1.165, 1.54) is 11.3 Å². The molecule has 102 valence electrons. The van der Waals surface area contributed by atoms with Gasteiger partial charge in [0.25, 0.3) is 5.91 Å². The van der Waals surface area contributed by atoms with Crippen LogP contribution in [0.1, 0.15) is 26.5 Å². The molecule has 1 aliphatic heterocycles. The summed E-state index contributed by atoms with van der Waals surface area (Å²) >= 11 is 1.45. The Balaban J connectivity index is 2.14. The van der Waals surface area contributed by atoms with Gasteiger partial charge in [-0.05, 0) is 25.0 Å². The monoisotopic (exact) mass is 278 g/mol. The van der Waals surface area contributed by atoms with Crippen LogP contribution in [0.4, 0.5) is 0 Å². The highest BCUT2D eigenvalue weighted by Crippen LogP contribution is 2.22. The summed E-state index contributed by atoms with van der Waals surface area (Å²) in [5.41, 5.74) is 6.41. The number of hydrogen-bond donors (Lipinski definition) is 1. The molecule has 0 aromatic carbocycles. The summed E-state index contributed by atoms with van der Waals surface area (Å²) in [6.45, 7) is 5.10. The molecule has 2 N–H and O–H groups in total. The van der Waals surface area contributed by atoms with Crippen LogP contribution in [0, 0.1) is 18.8 Å². The molecule has 0 aliphatic carbocycles. The van der Waals surface area contributed by atoms with Gasteiger partial charge in [0.2, 0.25) is 0 Å². The first kappa shape index (κ1) is 14.1. The van der Waals surface area contributed by atoms with Gasteiger partial charge in [0.15, 0.2) is 0 Å². The van der Waals surface area contributed by atoms with E-state index in [1.807, 2.05) is 17.9 Å². The molecular formula is C14H18N2O2S. The van der Waals surface area contributed by atoms with Gasteiger partial charge in [-0.2, -0.15) is 0 Å². The quantitative estimate of drug-likeness (QED) is 0.786. The fourth-order valence-corrected chi connectivity index (χ4v) is 2.96. The number of carbonyl (C=O) groups excluding carboxylic acids is 1. The Morgan fingerprint density at radius 1 is 1.53 bits per heavy atom. The lowest BCUT2D eigenvalue weighted by molar-refractivity contribution is 0.0746. The molecule has 1 aromatic heterocycles. The lowest BCUT2D eigenvalue weighted by Gasteiger charge is -2.18. The van der Waals surface area contributed by atoms with Crippen LogP contribution in [0.25, 0.3) is 0 Å². The molecule has 1 saturated heterocycles. The highest BCUT2D eigenvalue weighted by molar-refractivity contribution is 7.14. The van der Waals surface area contributed by atoms with Crippen LogP contribution in [0.15, 0.2) is 6.07 Å². The average molecular weight is 278 g/mol. The molecule has 5 heteroatoms. The van der Waals surface area contributed by atoms with Crippen LogP contribution < -0.4 is 5.73 Å². The van der Waals surface area contributed by atoms with Crippen LogP contribution in [0.3, 0.4) is 0 Å². The summed E-state index contributed by atoms with van der Waals surface area (Å²) in [7, 11) is 0. The van der Waals surface area contributed by atoms with Crippen LogP contribution in [-0.4, -0.2) is 43.7 Å². The second-order valence-electron chi connectivity index (χ2n) is 4.39. The summed E-state index contributed by atoms with van der Waals surface area (Å²) in [5.74, 6) is 5.92. The van der Waals surface area contributed by atoms with Gasteiger partial charge in [0.05, 0.1) is 22.9 Å². The van der Waals surface area contributed by atoms with Crippen LogP contribution in [0.5, 0.6) is 0 Å². The molecule has 4 nitrogen and oxygen atoms in total. The molecule has 2 heterocycles. The fraction of sp³-hybridized carbons (Fsp3) is 0.500. The Morgan fingerprint density at radius 3 is 3.16 bits per heavy atom. The number of carbonyl (C=O) groups is 1. The molecule has 1 fully saturated rings. The van der Waals surface area contributed by atoms with Crippen molar-refractivity contribution in [1.29, 1.82) is 0 Å². The van der Waals surface area contributed by atoms with Gasteiger partial charge in [-0.15, -0.1) is 11.3 Å². The van der Waals surface area contributed by atoms with Gasteiger partial charge in [-0.3, -0.25) is 4.79 Å². The summed E-state index contributed by atoms with van der Waals surface area (Å²) in [6, 6.07) is 1.92. The van der Waals surface area contributed by atoms with E-state index in [-0.39, 0.29) is 5.91 Å². The average Bonchev–Trinajstić information content (AvgIpc) is 2.64. The molecule has 0 radical (unpaired) electrons. The normalized spacial score (nSPS) is 15.6. The van der Waals surface area contributed by atoms with Crippen molar-refractivity contribution in [2.75, 3.05) is 32.8 Å². The first-order valence-electron chi connectivity index (χ1n) is 6.38.